The SMILES string of the molecule is C/C=C(\OCC)[C@H](NC1=CC(=O)C1)C(C)C.CC.CN(C(=O)c1cccc(N)c1O)C1C=CC=CC=N1.CO. The molecule has 1 aliphatic heterocycles. The predicted molar refractivity (Wildman–Crippen MR) is 160 cm³/mol. The number of likely N-dealkylation sites (N-methyl/N-ethyl adjacent to an activating group) is 1. The lowest BCUT2D eigenvalue weighted by Crippen LogP contribution is -2.38. The van der Waals surface area contributed by atoms with E-state index in [1.165, 1.54) is 11.0 Å². The summed E-state index contributed by atoms with van der Waals surface area (Å²) in [7, 11) is 2.63. The molecule has 2 aliphatic rings. The van der Waals surface area contributed by atoms with Gasteiger partial charge in [0.2, 0.25) is 0 Å². The van der Waals surface area contributed by atoms with Gasteiger partial charge in [0.15, 0.2) is 11.5 Å². The van der Waals surface area contributed by atoms with Gasteiger partial charge in [0.25, 0.3) is 5.91 Å². The Kier molecular flexibility index (Phi) is 17.4. The molecule has 39 heavy (non-hydrogen) atoms. The third kappa shape index (κ3) is 11.2. The van der Waals surface area contributed by atoms with Crippen LogP contribution in [0.2, 0.25) is 0 Å². The van der Waals surface area contributed by atoms with E-state index < -0.39 is 6.17 Å². The highest BCUT2D eigenvalue weighted by molar-refractivity contribution is 5.99. The van der Waals surface area contributed by atoms with Crippen LogP contribution in [0, 0.1) is 5.92 Å². The number of carbonyl (C=O) groups excluding carboxylic acids is 2. The molecule has 0 bridgehead atoms. The summed E-state index contributed by atoms with van der Waals surface area (Å²) in [5.74, 6) is 1.05. The minimum atomic E-state index is -0.400. The first kappa shape index (κ1) is 35.2. The molecule has 0 aromatic heterocycles. The Labute approximate surface area is 233 Å². The van der Waals surface area contributed by atoms with Crippen LogP contribution >= 0.6 is 0 Å². The minimum Gasteiger partial charge on any atom is -0.505 e. The van der Waals surface area contributed by atoms with Crippen LogP contribution in [-0.2, 0) is 9.53 Å². The molecule has 3 rings (SSSR count). The fourth-order valence-corrected chi connectivity index (χ4v) is 3.47. The number of allylic oxidation sites excluding steroid dienone is 6. The summed E-state index contributed by atoms with van der Waals surface area (Å²) in [6, 6.07) is 4.86. The van der Waals surface area contributed by atoms with Crippen molar-refractivity contribution >= 4 is 23.6 Å². The molecule has 0 saturated heterocycles. The molecule has 1 unspecified atom stereocenters. The summed E-state index contributed by atoms with van der Waals surface area (Å²) in [5.41, 5.74) is 6.96. The van der Waals surface area contributed by atoms with Crippen LogP contribution in [0.15, 0.2) is 71.1 Å². The van der Waals surface area contributed by atoms with Gasteiger partial charge in [-0.15, -0.1) is 0 Å². The van der Waals surface area contributed by atoms with Crippen molar-refractivity contribution in [3.63, 3.8) is 0 Å². The lowest BCUT2D eigenvalue weighted by molar-refractivity contribution is -0.115. The number of aromatic hydroxyl groups is 1. The number of nitrogens with two attached hydrogens (primary N) is 1. The predicted octanol–water partition coefficient (Wildman–Crippen LogP) is 4.60. The van der Waals surface area contributed by atoms with Crippen LogP contribution in [-0.4, -0.2) is 66.0 Å². The van der Waals surface area contributed by atoms with Crippen molar-refractivity contribution in [3.8, 4) is 5.75 Å². The van der Waals surface area contributed by atoms with E-state index in [-0.39, 0.29) is 34.7 Å². The summed E-state index contributed by atoms with van der Waals surface area (Å²) >= 11 is 0. The van der Waals surface area contributed by atoms with Gasteiger partial charge in [-0.25, -0.2) is 0 Å². The Hall–Kier alpha value is -3.85. The number of phenolic OH excluding ortho intramolecular Hbond substituents is 1. The third-order valence-corrected chi connectivity index (χ3v) is 5.45. The molecule has 1 aromatic rings. The summed E-state index contributed by atoms with van der Waals surface area (Å²) in [5, 5.41) is 20.2. The van der Waals surface area contributed by atoms with E-state index in [9.17, 15) is 14.7 Å². The lowest BCUT2D eigenvalue weighted by atomic mass is 9.98. The Morgan fingerprint density at radius 2 is 1.90 bits per heavy atom. The number of nitrogen functional groups attached to an aromatic ring is 1. The van der Waals surface area contributed by atoms with Crippen LogP contribution in [0.5, 0.6) is 5.75 Å². The van der Waals surface area contributed by atoms with Crippen LogP contribution in [0.3, 0.4) is 0 Å². The molecule has 0 spiro atoms. The number of rotatable bonds is 8. The van der Waals surface area contributed by atoms with E-state index in [0.29, 0.717) is 18.9 Å². The molecule has 9 heteroatoms. The molecule has 0 saturated carbocycles. The zero-order valence-corrected chi connectivity index (χ0v) is 24.5. The molecule has 1 aromatic carbocycles. The number of benzene rings is 1. The number of aliphatic hydroxyl groups is 1. The number of nitrogens with one attached hydrogen (secondary N) is 1. The minimum absolute atomic E-state index is 0.157. The first-order valence-corrected chi connectivity index (χ1v) is 13.1. The second-order valence-electron chi connectivity index (χ2n) is 8.44. The largest absolute Gasteiger partial charge is 0.505 e. The Bertz CT molecular complexity index is 1040. The topological polar surface area (TPSA) is 137 Å². The number of amides is 1. The first-order valence-electron chi connectivity index (χ1n) is 13.1. The standard InChI is InChI=1S/C14H15N3O2.C13H21NO2.C2H6.CH4O/c1-17(12-8-3-2-4-9-16-12)14(19)10-6-5-7-11(15)13(10)18;1-5-12(16-6-2)13(9(3)4)14-10-7-11(15)8-10;2*1-2/h2-9,12,18H,15H2,1H3;5,7,9,13-14H,6,8H2,1-4H3;1-2H3;2H,1H3/b;12-5-;;/t;13-;;/m.1../s1. The number of ketones is 1. The number of carbonyl (C=O) groups is 2. The molecule has 0 radical (unpaired) electrons. The van der Waals surface area contributed by atoms with Crippen molar-refractivity contribution < 1.29 is 24.5 Å². The van der Waals surface area contributed by atoms with Crippen molar-refractivity contribution in [2.75, 3.05) is 26.5 Å². The number of para-hydroxylation sites is 1. The maximum absolute atomic E-state index is 12.3. The van der Waals surface area contributed by atoms with Gasteiger partial charge in [-0.1, -0.05) is 45.9 Å². The van der Waals surface area contributed by atoms with Crippen molar-refractivity contribution in [2.24, 2.45) is 10.9 Å². The third-order valence-electron chi connectivity index (χ3n) is 5.45. The smallest absolute Gasteiger partial charge is 0.259 e. The quantitative estimate of drug-likeness (QED) is 0.214. The van der Waals surface area contributed by atoms with Crippen molar-refractivity contribution in [2.45, 2.75) is 60.2 Å². The average Bonchev–Trinajstić information content (AvgIpc) is 3.22. The molecule has 1 aliphatic carbocycles. The Balaban J connectivity index is 0.000000665. The molecule has 5 N–H and O–H groups in total. The summed E-state index contributed by atoms with van der Waals surface area (Å²) in [6.45, 7) is 12.9. The lowest BCUT2D eigenvalue weighted by Gasteiger charge is -2.29. The van der Waals surface area contributed by atoms with Gasteiger partial charge in [-0.3, -0.25) is 14.6 Å². The fraction of sp³-hybridized carbons (Fsp3) is 0.433. The van der Waals surface area contributed by atoms with E-state index in [4.69, 9.17) is 15.6 Å². The highest BCUT2D eigenvalue weighted by Gasteiger charge is 2.24. The molecule has 0 fully saturated rings. The second-order valence-corrected chi connectivity index (χ2v) is 8.44. The van der Waals surface area contributed by atoms with E-state index in [0.717, 1.165) is 18.6 Å². The van der Waals surface area contributed by atoms with Crippen LogP contribution in [0.25, 0.3) is 0 Å². The van der Waals surface area contributed by atoms with E-state index in [2.05, 4.69) is 24.2 Å². The maximum Gasteiger partial charge on any atom is 0.259 e. The number of aliphatic hydroxyl groups excluding tert-OH is 1. The Morgan fingerprint density at radius 3 is 2.44 bits per heavy atom. The van der Waals surface area contributed by atoms with Gasteiger partial charge >= 0.3 is 0 Å². The van der Waals surface area contributed by atoms with Crippen molar-refractivity contribution in [3.05, 3.63) is 71.7 Å². The first-order chi connectivity index (χ1) is 18.7. The van der Waals surface area contributed by atoms with Crippen LogP contribution in [0.1, 0.15) is 58.3 Å². The number of aliphatic imine (C=N–C) groups is 1. The highest BCUT2D eigenvalue weighted by atomic mass is 16.5. The second kappa shape index (κ2) is 19.3. The fourth-order valence-electron chi connectivity index (χ4n) is 3.47. The highest BCUT2D eigenvalue weighted by Crippen LogP contribution is 2.26. The average molecular weight is 543 g/mol. The van der Waals surface area contributed by atoms with Gasteiger partial charge in [0, 0.05) is 32.1 Å². The number of nitrogens with zero attached hydrogens (tertiary/aromatic N) is 2. The van der Waals surface area contributed by atoms with Crippen molar-refractivity contribution in [1.82, 2.24) is 10.2 Å². The number of phenols is 1. The van der Waals surface area contributed by atoms with Crippen LogP contribution < -0.4 is 11.1 Å². The molecule has 1 heterocycles. The van der Waals surface area contributed by atoms with E-state index >= 15 is 0 Å². The van der Waals surface area contributed by atoms with Gasteiger partial charge in [-0.2, -0.15) is 0 Å². The Morgan fingerprint density at radius 1 is 1.26 bits per heavy atom. The molecule has 9 nitrogen and oxygen atoms in total. The summed E-state index contributed by atoms with van der Waals surface area (Å²) in [6.07, 6.45) is 12.6. The maximum atomic E-state index is 12.3. The number of anilines is 1. The zero-order chi connectivity index (χ0) is 30.0. The molecule has 1 amide bonds. The summed E-state index contributed by atoms with van der Waals surface area (Å²) in [4.78, 5) is 28.8. The molecule has 2 atom stereocenters. The zero-order valence-electron chi connectivity index (χ0n) is 24.5. The number of hydrogen-bond donors (Lipinski definition) is 4. The number of hydrogen-bond acceptors (Lipinski definition) is 8. The van der Waals surface area contributed by atoms with E-state index in [1.54, 1.807) is 43.6 Å². The molecular formula is C30H46N4O5. The molecule has 216 valence electrons. The van der Waals surface area contributed by atoms with E-state index in [1.807, 2.05) is 45.9 Å². The van der Waals surface area contributed by atoms with Gasteiger partial charge in [0.05, 0.1) is 30.3 Å². The number of ether oxygens (including phenoxy) is 1. The summed E-state index contributed by atoms with van der Waals surface area (Å²) < 4.78 is 5.60. The van der Waals surface area contributed by atoms with Gasteiger partial charge in [0.1, 0.15) is 11.9 Å². The monoisotopic (exact) mass is 542 g/mol. The van der Waals surface area contributed by atoms with Crippen LogP contribution in [0.4, 0.5) is 5.69 Å². The van der Waals surface area contributed by atoms with Gasteiger partial charge < -0.3 is 30.9 Å². The van der Waals surface area contributed by atoms with Crippen molar-refractivity contribution in [1.29, 1.82) is 0 Å². The van der Waals surface area contributed by atoms with Gasteiger partial charge in [-0.05, 0) is 50.1 Å². The molecular weight excluding hydrogens is 496 g/mol. The normalized spacial score (nSPS) is 16.1.